The number of rotatable bonds is 4. The van der Waals surface area contributed by atoms with Crippen molar-refractivity contribution in [3.05, 3.63) is 63.9 Å². The molecule has 2 aromatic carbocycles. The molecule has 1 atom stereocenters. The van der Waals surface area contributed by atoms with Gasteiger partial charge in [0.15, 0.2) is 0 Å². The van der Waals surface area contributed by atoms with Gasteiger partial charge in [-0.25, -0.2) is 9.18 Å². The summed E-state index contributed by atoms with van der Waals surface area (Å²) in [5.41, 5.74) is 1.74. The van der Waals surface area contributed by atoms with Crippen LogP contribution in [0.2, 0.25) is 0 Å². The van der Waals surface area contributed by atoms with Crippen molar-refractivity contribution in [3.63, 3.8) is 0 Å². The highest BCUT2D eigenvalue weighted by Crippen LogP contribution is 2.25. The van der Waals surface area contributed by atoms with Gasteiger partial charge in [0.1, 0.15) is 5.82 Å². The Morgan fingerprint density at radius 2 is 2.05 bits per heavy atom. The average molecular weight is 352 g/mol. The molecule has 0 amide bonds. The molecule has 0 heterocycles. The molecule has 0 saturated heterocycles. The zero-order valence-corrected chi connectivity index (χ0v) is 13.3. The zero-order valence-electron chi connectivity index (χ0n) is 11.7. The Labute approximate surface area is 131 Å². The number of anilines is 1. The lowest BCUT2D eigenvalue weighted by Crippen LogP contribution is -2.12. The number of halogens is 2. The number of esters is 1. The minimum Gasteiger partial charge on any atom is -0.465 e. The lowest BCUT2D eigenvalue weighted by atomic mass is 10.1. The molecule has 2 rings (SSSR count). The van der Waals surface area contributed by atoms with Gasteiger partial charge in [0, 0.05) is 10.5 Å². The van der Waals surface area contributed by atoms with Crippen molar-refractivity contribution in [3.8, 4) is 0 Å². The summed E-state index contributed by atoms with van der Waals surface area (Å²) < 4.78 is 19.1. The van der Waals surface area contributed by atoms with Crippen molar-refractivity contribution >= 4 is 27.6 Å². The second kappa shape index (κ2) is 6.72. The van der Waals surface area contributed by atoms with Crippen LogP contribution < -0.4 is 5.32 Å². The van der Waals surface area contributed by atoms with E-state index in [9.17, 15) is 9.18 Å². The number of hydrogen-bond donors (Lipinski definition) is 1. The van der Waals surface area contributed by atoms with Gasteiger partial charge < -0.3 is 10.1 Å². The van der Waals surface area contributed by atoms with Gasteiger partial charge >= 0.3 is 5.97 Å². The topological polar surface area (TPSA) is 38.3 Å². The van der Waals surface area contributed by atoms with Gasteiger partial charge in [0.25, 0.3) is 0 Å². The lowest BCUT2D eigenvalue weighted by molar-refractivity contribution is 0.0601. The summed E-state index contributed by atoms with van der Waals surface area (Å²) in [7, 11) is 1.30. The van der Waals surface area contributed by atoms with E-state index in [-0.39, 0.29) is 6.04 Å². The second-order valence-corrected chi connectivity index (χ2v) is 5.52. The summed E-state index contributed by atoms with van der Waals surface area (Å²) in [4.78, 5) is 11.7. The molecule has 2 aromatic rings. The monoisotopic (exact) mass is 351 g/mol. The van der Waals surface area contributed by atoms with Gasteiger partial charge in [0.05, 0.1) is 18.4 Å². The van der Waals surface area contributed by atoms with E-state index in [4.69, 9.17) is 4.74 Å². The molecular formula is C16H15BrFNO2. The standard InChI is InChI=1S/C16H15BrFNO2/c1-10(11-4-3-5-12(17)8-11)19-15-9-13(18)6-7-14(15)16(20)21-2/h3-10,19H,1-2H3. The van der Waals surface area contributed by atoms with Crippen LogP contribution in [0.25, 0.3) is 0 Å². The first-order chi connectivity index (χ1) is 10.0. The van der Waals surface area contributed by atoms with E-state index in [2.05, 4.69) is 21.2 Å². The number of carbonyl (C=O) groups is 1. The van der Waals surface area contributed by atoms with Gasteiger partial charge in [0.2, 0.25) is 0 Å². The lowest BCUT2D eigenvalue weighted by Gasteiger charge is -2.18. The van der Waals surface area contributed by atoms with Crippen molar-refractivity contribution in [1.29, 1.82) is 0 Å². The van der Waals surface area contributed by atoms with Gasteiger partial charge in [-0.05, 0) is 42.8 Å². The van der Waals surface area contributed by atoms with Crippen LogP contribution in [0.5, 0.6) is 0 Å². The third-order valence-corrected chi connectivity index (χ3v) is 3.60. The predicted octanol–water partition coefficient (Wildman–Crippen LogP) is 4.55. The second-order valence-electron chi connectivity index (χ2n) is 4.60. The Kier molecular flexibility index (Phi) is 4.96. The third kappa shape index (κ3) is 3.82. The van der Waals surface area contributed by atoms with E-state index < -0.39 is 11.8 Å². The van der Waals surface area contributed by atoms with Crippen LogP contribution in [0.4, 0.5) is 10.1 Å². The van der Waals surface area contributed by atoms with Gasteiger partial charge in [-0.2, -0.15) is 0 Å². The first kappa shape index (κ1) is 15.5. The molecule has 21 heavy (non-hydrogen) atoms. The molecule has 0 aliphatic rings. The predicted molar refractivity (Wildman–Crippen MR) is 83.9 cm³/mol. The maximum Gasteiger partial charge on any atom is 0.339 e. The molecule has 0 fully saturated rings. The molecule has 0 aromatic heterocycles. The molecule has 0 saturated carbocycles. The molecular weight excluding hydrogens is 337 g/mol. The minimum atomic E-state index is -0.501. The summed E-state index contributed by atoms with van der Waals surface area (Å²) in [6.07, 6.45) is 0. The van der Waals surface area contributed by atoms with Crippen LogP contribution in [-0.2, 0) is 4.74 Å². The van der Waals surface area contributed by atoms with Crippen LogP contribution >= 0.6 is 15.9 Å². The van der Waals surface area contributed by atoms with E-state index in [1.54, 1.807) is 0 Å². The van der Waals surface area contributed by atoms with Crippen molar-refractivity contribution in [2.24, 2.45) is 0 Å². The molecule has 1 unspecified atom stereocenters. The molecule has 1 N–H and O–H groups in total. The quantitative estimate of drug-likeness (QED) is 0.821. The number of nitrogens with one attached hydrogen (secondary N) is 1. The van der Waals surface area contributed by atoms with Crippen LogP contribution in [0.15, 0.2) is 46.9 Å². The van der Waals surface area contributed by atoms with Crippen molar-refractivity contribution in [2.45, 2.75) is 13.0 Å². The van der Waals surface area contributed by atoms with E-state index in [0.717, 1.165) is 10.0 Å². The van der Waals surface area contributed by atoms with Crippen LogP contribution in [-0.4, -0.2) is 13.1 Å². The van der Waals surface area contributed by atoms with E-state index in [1.807, 2.05) is 31.2 Å². The molecule has 0 aliphatic heterocycles. The van der Waals surface area contributed by atoms with Crippen molar-refractivity contribution in [1.82, 2.24) is 0 Å². The normalized spacial score (nSPS) is 11.8. The van der Waals surface area contributed by atoms with Gasteiger partial charge in [-0.1, -0.05) is 28.1 Å². The minimum absolute atomic E-state index is 0.0901. The highest BCUT2D eigenvalue weighted by Gasteiger charge is 2.15. The SMILES string of the molecule is COC(=O)c1ccc(F)cc1NC(C)c1cccc(Br)c1. The molecule has 5 heteroatoms. The van der Waals surface area contributed by atoms with Gasteiger partial charge in [-0.3, -0.25) is 0 Å². The first-order valence-electron chi connectivity index (χ1n) is 6.41. The Morgan fingerprint density at radius 3 is 2.71 bits per heavy atom. The number of ether oxygens (including phenoxy) is 1. The Bertz CT molecular complexity index is 660. The number of methoxy groups -OCH3 is 1. The molecule has 110 valence electrons. The maximum atomic E-state index is 13.4. The molecule has 3 nitrogen and oxygen atoms in total. The zero-order chi connectivity index (χ0) is 15.4. The van der Waals surface area contributed by atoms with Gasteiger partial charge in [-0.15, -0.1) is 0 Å². The summed E-state index contributed by atoms with van der Waals surface area (Å²) in [5.74, 6) is -0.912. The fraction of sp³-hybridized carbons (Fsp3) is 0.188. The highest BCUT2D eigenvalue weighted by molar-refractivity contribution is 9.10. The molecule has 0 radical (unpaired) electrons. The fourth-order valence-corrected chi connectivity index (χ4v) is 2.43. The fourth-order valence-electron chi connectivity index (χ4n) is 2.02. The number of benzene rings is 2. The van der Waals surface area contributed by atoms with Crippen LogP contribution in [0.3, 0.4) is 0 Å². The first-order valence-corrected chi connectivity index (χ1v) is 7.20. The van der Waals surface area contributed by atoms with E-state index in [1.165, 1.54) is 25.3 Å². The average Bonchev–Trinajstić information content (AvgIpc) is 2.46. The van der Waals surface area contributed by atoms with Crippen LogP contribution in [0.1, 0.15) is 28.9 Å². The van der Waals surface area contributed by atoms with E-state index >= 15 is 0 Å². The van der Waals surface area contributed by atoms with Crippen LogP contribution in [0, 0.1) is 5.82 Å². The molecule has 0 spiro atoms. The molecule has 0 bridgehead atoms. The summed E-state index contributed by atoms with van der Waals surface area (Å²) in [6, 6.07) is 11.6. The number of hydrogen-bond acceptors (Lipinski definition) is 3. The van der Waals surface area contributed by atoms with E-state index in [0.29, 0.717) is 11.3 Å². The summed E-state index contributed by atoms with van der Waals surface area (Å²) >= 11 is 3.41. The molecule has 0 aliphatic carbocycles. The highest BCUT2D eigenvalue weighted by atomic mass is 79.9. The largest absolute Gasteiger partial charge is 0.465 e. The maximum absolute atomic E-state index is 13.4. The Balaban J connectivity index is 2.30. The van der Waals surface area contributed by atoms with Crippen molar-refractivity contribution in [2.75, 3.05) is 12.4 Å². The third-order valence-electron chi connectivity index (χ3n) is 3.11. The summed E-state index contributed by atoms with van der Waals surface area (Å²) in [5, 5.41) is 3.15. The summed E-state index contributed by atoms with van der Waals surface area (Å²) in [6.45, 7) is 1.94. The smallest absolute Gasteiger partial charge is 0.339 e. The number of carbonyl (C=O) groups excluding carboxylic acids is 1. The van der Waals surface area contributed by atoms with Crippen molar-refractivity contribution < 1.29 is 13.9 Å². The Morgan fingerprint density at radius 1 is 1.29 bits per heavy atom. The Hall–Kier alpha value is -1.88.